The van der Waals surface area contributed by atoms with Gasteiger partial charge in [-0.1, -0.05) is 18.2 Å². The fourth-order valence-electron chi connectivity index (χ4n) is 2.45. The van der Waals surface area contributed by atoms with Crippen LogP contribution < -0.4 is 14.9 Å². The Kier molecular flexibility index (Phi) is 3.93. The van der Waals surface area contributed by atoms with Crippen molar-refractivity contribution in [3.05, 3.63) is 64.0 Å². The van der Waals surface area contributed by atoms with E-state index in [-0.39, 0.29) is 11.2 Å². The average molecular weight is 312 g/mol. The number of methoxy groups -OCH3 is 2. The molecule has 118 valence electrons. The van der Waals surface area contributed by atoms with E-state index in [0.717, 1.165) is 0 Å². The molecule has 5 heteroatoms. The van der Waals surface area contributed by atoms with Gasteiger partial charge in [0.25, 0.3) is 0 Å². The molecule has 23 heavy (non-hydrogen) atoms. The third-order valence-electron chi connectivity index (χ3n) is 3.63. The normalized spacial score (nSPS) is 10.7. The summed E-state index contributed by atoms with van der Waals surface area (Å²) < 4.78 is 16.3. The summed E-state index contributed by atoms with van der Waals surface area (Å²) >= 11 is 0. The van der Waals surface area contributed by atoms with Gasteiger partial charge in [0, 0.05) is 24.1 Å². The average Bonchev–Trinajstić information content (AvgIpc) is 2.56. The van der Waals surface area contributed by atoms with E-state index in [1.54, 1.807) is 30.3 Å². The van der Waals surface area contributed by atoms with Crippen molar-refractivity contribution in [2.24, 2.45) is 0 Å². The Hall–Kier alpha value is -2.95. The minimum Gasteiger partial charge on any atom is -0.508 e. The van der Waals surface area contributed by atoms with Gasteiger partial charge < -0.3 is 19.0 Å². The van der Waals surface area contributed by atoms with E-state index in [9.17, 15) is 9.90 Å². The zero-order valence-electron chi connectivity index (χ0n) is 12.8. The van der Waals surface area contributed by atoms with Crippen LogP contribution in [0.1, 0.15) is 11.3 Å². The van der Waals surface area contributed by atoms with Crippen LogP contribution in [-0.2, 0) is 6.42 Å². The number of phenols is 1. The van der Waals surface area contributed by atoms with E-state index in [1.165, 1.54) is 20.3 Å². The molecule has 2 aromatic carbocycles. The number of para-hydroxylation sites is 1. The van der Waals surface area contributed by atoms with E-state index in [4.69, 9.17) is 13.9 Å². The minimum atomic E-state index is -0.186. The Morgan fingerprint density at radius 1 is 1.09 bits per heavy atom. The van der Waals surface area contributed by atoms with E-state index in [1.807, 2.05) is 6.07 Å². The van der Waals surface area contributed by atoms with Crippen LogP contribution >= 0.6 is 0 Å². The Balaban J connectivity index is 2.14. The largest absolute Gasteiger partial charge is 0.508 e. The summed E-state index contributed by atoms with van der Waals surface area (Å²) in [6, 6.07) is 11.6. The second-order valence-corrected chi connectivity index (χ2v) is 5.09. The Labute approximate surface area is 132 Å². The molecular formula is C18H16O5. The molecule has 0 bridgehead atoms. The van der Waals surface area contributed by atoms with Crippen LogP contribution in [0.3, 0.4) is 0 Å². The molecule has 0 amide bonds. The van der Waals surface area contributed by atoms with Crippen molar-refractivity contribution < 1.29 is 19.0 Å². The predicted octanol–water partition coefficient (Wildman–Crippen LogP) is 3.11. The highest BCUT2D eigenvalue weighted by Crippen LogP contribution is 2.30. The molecule has 5 nitrogen and oxygen atoms in total. The van der Waals surface area contributed by atoms with Crippen molar-refractivity contribution in [3.63, 3.8) is 0 Å². The monoisotopic (exact) mass is 312 g/mol. The lowest BCUT2D eigenvalue weighted by molar-refractivity contribution is 0.390. The first-order valence-electron chi connectivity index (χ1n) is 7.08. The van der Waals surface area contributed by atoms with Gasteiger partial charge in [-0.25, -0.2) is 0 Å². The zero-order chi connectivity index (χ0) is 16.4. The molecule has 0 aliphatic carbocycles. The van der Waals surface area contributed by atoms with Crippen molar-refractivity contribution >= 4 is 11.0 Å². The number of phenolic OH excluding ortho intramolecular Hbond substituents is 1. The van der Waals surface area contributed by atoms with Crippen molar-refractivity contribution in [1.29, 1.82) is 0 Å². The molecule has 0 fully saturated rings. The number of hydrogen-bond acceptors (Lipinski definition) is 5. The highest BCUT2D eigenvalue weighted by Gasteiger charge is 2.13. The van der Waals surface area contributed by atoms with Gasteiger partial charge in [0.2, 0.25) is 0 Å². The molecule has 0 saturated carbocycles. The number of hydrogen-bond donors (Lipinski definition) is 1. The summed E-state index contributed by atoms with van der Waals surface area (Å²) in [6.45, 7) is 0. The summed E-state index contributed by atoms with van der Waals surface area (Å²) in [7, 11) is 3.03. The molecule has 3 aromatic rings. The Morgan fingerprint density at radius 3 is 2.57 bits per heavy atom. The lowest BCUT2D eigenvalue weighted by atomic mass is 10.1. The van der Waals surface area contributed by atoms with Crippen LogP contribution in [0.5, 0.6) is 17.2 Å². The van der Waals surface area contributed by atoms with E-state index in [2.05, 4.69) is 0 Å². The molecule has 0 atom stereocenters. The van der Waals surface area contributed by atoms with Gasteiger partial charge in [-0.05, 0) is 12.1 Å². The lowest BCUT2D eigenvalue weighted by Crippen LogP contribution is -2.04. The van der Waals surface area contributed by atoms with Gasteiger partial charge in [-0.2, -0.15) is 0 Å². The zero-order valence-corrected chi connectivity index (χ0v) is 12.8. The summed E-state index contributed by atoms with van der Waals surface area (Å²) in [4.78, 5) is 12.4. The third-order valence-corrected chi connectivity index (χ3v) is 3.63. The maximum absolute atomic E-state index is 12.4. The first-order valence-corrected chi connectivity index (χ1v) is 7.08. The molecule has 0 unspecified atom stereocenters. The molecular weight excluding hydrogens is 296 g/mol. The maximum atomic E-state index is 12.4. The van der Waals surface area contributed by atoms with Crippen LogP contribution in [0.2, 0.25) is 0 Å². The summed E-state index contributed by atoms with van der Waals surface area (Å²) in [5.74, 6) is 1.56. The Morgan fingerprint density at radius 2 is 1.87 bits per heavy atom. The maximum Gasteiger partial charge on any atom is 0.193 e. The molecule has 0 saturated heterocycles. The molecule has 0 aliphatic rings. The minimum absolute atomic E-state index is 0.164. The van der Waals surface area contributed by atoms with E-state index < -0.39 is 0 Å². The highest BCUT2D eigenvalue weighted by molar-refractivity contribution is 5.84. The number of ether oxygens (including phenoxy) is 2. The number of benzene rings is 2. The van der Waals surface area contributed by atoms with Crippen molar-refractivity contribution in [3.8, 4) is 17.2 Å². The highest BCUT2D eigenvalue weighted by atomic mass is 16.5. The number of rotatable bonds is 4. The number of fused-ring (bicyclic) bond motifs is 1. The lowest BCUT2D eigenvalue weighted by Gasteiger charge is -2.09. The fourth-order valence-corrected chi connectivity index (χ4v) is 2.45. The second-order valence-electron chi connectivity index (χ2n) is 5.09. The predicted molar refractivity (Wildman–Crippen MR) is 86.5 cm³/mol. The van der Waals surface area contributed by atoms with Crippen LogP contribution in [0.15, 0.2) is 51.7 Å². The summed E-state index contributed by atoms with van der Waals surface area (Å²) in [5, 5.41) is 10.3. The molecule has 0 aliphatic heterocycles. The van der Waals surface area contributed by atoms with Gasteiger partial charge in [-0.3, -0.25) is 4.79 Å². The van der Waals surface area contributed by atoms with Crippen LogP contribution in [0.25, 0.3) is 11.0 Å². The molecule has 1 aromatic heterocycles. The van der Waals surface area contributed by atoms with Crippen molar-refractivity contribution in [2.75, 3.05) is 14.2 Å². The first-order chi connectivity index (χ1) is 11.1. The fraction of sp³-hybridized carbons (Fsp3) is 0.167. The van der Waals surface area contributed by atoms with Crippen molar-refractivity contribution in [2.45, 2.75) is 6.42 Å². The first kappa shape index (κ1) is 15.0. The molecule has 1 heterocycles. The van der Waals surface area contributed by atoms with Gasteiger partial charge in [-0.15, -0.1) is 0 Å². The van der Waals surface area contributed by atoms with Gasteiger partial charge >= 0.3 is 0 Å². The standard InChI is InChI=1S/C18H16O5/c1-21-12-8-14-16(20)9-13(23-18(14)17(10-12)22-2)7-11-5-3-4-6-15(11)19/h3-6,8-10,19H,7H2,1-2H3. The van der Waals surface area contributed by atoms with Crippen LogP contribution in [0.4, 0.5) is 0 Å². The molecule has 0 radical (unpaired) electrons. The smallest absolute Gasteiger partial charge is 0.193 e. The van der Waals surface area contributed by atoms with E-state index in [0.29, 0.717) is 40.2 Å². The molecule has 0 spiro atoms. The van der Waals surface area contributed by atoms with E-state index >= 15 is 0 Å². The quantitative estimate of drug-likeness (QED) is 0.801. The topological polar surface area (TPSA) is 68.9 Å². The summed E-state index contributed by atoms with van der Waals surface area (Å²) in [6.07, 6.45) is 0.313. The van der Waals surface area contributed by atoms with Gasteiger partial charge in [0.05, 0.1) is 19.6 Å². The molecule has 1 N–H and O–H groups in total. The summed E-state index contributed by atoms with van der Waals surface area (Å²) in [5.41, 5.74) is 0.863. The van der Waals surface area contributed by atoms with Crippen LogP contribution in [0, 0.1) is 0 Å². The van der Waals surface area contributed by atoms with Gasteiger partial charge in [0.1, 0.15) is 17.3 Å². The van der Waals surface area contributed by atoms with Crippen LogP contribution in [-0.4, -0.2) is 19.3 Å². The molecule has 3 rings (SSSR count). The third kappa shape index (κ3) is 2.85. The second kappa shape index (κ2) is 6.04. The SMILES string of the molecule is COc1cc(OC)c2oc(Cc3ccccc3O)cc(=O)c2c1. The van der Waals surface area contributed by atoms with Crippen molar-refractivity contribution in [1.82, 2.24) is 0 Å². The Bertz CT molecular complexity index is 911. The number of aromatic hydroxyl groups is 1. The van der Waals surface area contributed by atoms with Gasteiger partial charge in [0.15, 0.2) is 16.8 Å².